The molecule has 2 heterocycles. The fourth-order valence-corrected chi connectivity index (χ4v) is 2.37. The SMILES string of the molecule is CCn1ncc(Cl)c1C(N)c1ccc(C)nc1C. The molecule has 0 spiro atoms. The van der Waals surface area contributed by atoms with Crippen molar-refractivity contribution in [2.45, 2.75) is 33.4 Å². The maximum atomic E-state index is 6.30. The van der Waals surface area contributed by atoms with Crippen molar-refractivity contribution in [2.24, 2.45) is 5.73 Å². The summed E-state index contributed by atoms with van der Waals surface area (Å²) in [6.07, 6.45) is 1.64. The number of hydrogen-bond donors (Lipinski definition) is 1. The van der Waals surface area contributed by atoms with Crippen molar-refractivity contribution in [1.82, 2.24) is 14.8 Å². The molecule has 4 nitrogen and oxygen atoms in total. The lowest BCUT2D eigenvalue weighted by molar-refractivity contribution is 0.599. The van der Waals surface area contributed by atoms with E-state index in [1.54, 1.807) is 6.20 Å². The number of rotatable bonds is 3. The molecule has 2 aromatic heterocycles. The Bertz CT molecular complexity index is 562. The van der Waals surface area contributed by atoms with E-state index < -0.39 is 0 Å². The normalized spacial score (nSPS) is 12.7. The molecule has 18 heavy (non-hydrogen) atoms. The first-order valence-electron chi connectivity index (χ1n) is 5.95. The zero-order valence-electron chi connectivity index (χ0n) is 10.8. The highest BCUT2D eigenvalue weighted by molar-refractivity contribution is 6.31. The first-order valence-corrected chi connectivity index (χ1v) is 6.33. The molecule has 2 aromatic rings. The minimum Gasteiger partial charge on any atom is -0.319 e. The van der Waals surface area contributed by atoms with Gasteiger partial charge in [-0.15, -0.1) is 0 Å². The third-order valence-electron chi connectivity index (χ3n) is 3.03. The average molecular weight is 265 g/mol. The smallest absolute Gasteiger partial charge is 0.0837 e. The largest absolute Gasteiger partial charge is 0.319 e. The zero-order valence-corrected chi connectivity index (χ0v) is 11.6. The Labute approximate surface area is 112 Å². The molecule has 5 heteroatoms. The lowest BCUT2D eigenvalue weighted by Gasteiger charge is -2.16. The monoisotopic (exact) mass is 264 g/mol. The number of nitrogens with zero attached hydrogens (tertiary/aromatic N) is 3. The van der Waals surface area contributed by atoms with Gasteiger partial charge in [0.15, 0.2) is 0 Å². The van der Waals surface area contributed by atoms with Crippen LogP contribution >= 0.6 is 11.6 Å². The molecule has 0 saturated heterocycles. The third kappa shape index (κ3) is 2.26. The average Bonchev–Trinajstić information content (AvgIpc) is 2.69. The molecule has 2 rings (SSSR count). The second-order valence-corrected chi connectivity index (χ2v) is 4.71. The van der Waals surface area contributed by atoms with Gasteiger partial charge in [-0.2, -0.15) is 5.10 Å². The van der Waals surface area contributed by atoms with Crippen LogP contribution < -0.4 is 5.73 Å². The summed E-state index contributed by atoms with van der Waals surface area (Å²) >= 11 is 6.17. The molecular weight excluding hydrogens is 248 g/mol. The first kappa shape index (κ1) is 13.1. The van der Waals surface area contributed by atoms with Crippen LogP contribution in [0.3, 0.4) is 0 Å². The number of aryl methyl sites for hydroxylation is 3. The van der Waals surface area contributed by atoms with Crippen LogP contribution in [-0.2, 0) is 6.54 Å². The second kappa shape index (κ2) is 5.08. The van der Waals surface area contributed by atoms with E-state index >= 15 is 0 Å². The summed E-state index contributed by atoms with van der Waals surface area (Å²) in [5.74, 6) is 0. The highest BCUT2D eigenvalue weighted by atomic mass is 35.5. The molecule has 0 saturated carbocycles. The summed E-state index contributed by atoms with van der Waals surface area (Å²) in [5.41, 5.74) is 10.0. The maximum Gasteiger partial charge on any atom is 0.0837 e. The molecule has 1 unspecified atom stereocenters. The van der Waals surface area contributed by atoms with Crippen LogP contribution in [0.2, 0.25) is 5.02 Å². The summed E-state index contributed by atoms with van der Waals surface area (Å²) in [4.78, 5) is 4.44. The lowest BCUT2D eigenvalue weighted by atomic mass is 10.0. The van der Waals surface area contributed by atoms with Crippen molar-refractivity contribution in [1.29, 1.82) is 0 Å². The number of hydrogen-bond acceptors (Lipinski definition) is 3. The molecule has 0 aliphatic rings. The molecule has 0 aromatic carbocycles. The number of aromatic nitrogens is 3. The van der Waals surface area contributed by atoms with E-state index in [4.69, 9.17) is 17.3 Å². The quantitative estimate of drug-likeness (QED) is 0.927. The van der Waals surface area contributed by atoms with Crippen molar-refractivity contribution in [3.63, 3.8) is 0 Å². The zero-order chi connectivity index (χ0) is 13.3. The van der Waals surface area contributed by atoms with Gasteiger partial charge >= 0.3 is 0 Å². The van der Waals surface area contributed by atoms with E-state index in [0.29, 0.717) is 5.02 Å². The standard InChI is InChI=1S/C13H17ClN4/c1-4-18-13(11(14)7-16-18)12(15)10-6-5-8(2)17-9(10)3/h5-7,12H,4,15H2,1-3H3. The second-order valence-electron chi connectivity index (χ2n) is 4.30. The highest BCUT2D eigenvalue weighted by Gasteiger charge is 2.19. The van der Waals surface area contributed by atoms with E-state index in [0.717, 1.165) is 29.2 Å². The van der Waals surface area contributed by atoms with Gasteiger partial charge < -0.3 is 5.73 Å². The molecule has 96 valence electrons. The van der Waals surface area contributed by atoms with Crippen molar-refractivity contribution in [3.05, 3.63) is 46.0 Å². The van der Waals surface area contributed by atoms with Crippen molar-refractivity contribution >= 4 is 11.6 Å². The van der Waals surface area contributed by atoms with Crippen LogP contribution in [0.5, 0.6) is 0 Å². The summed E-state index contributed by atoms with van der Waals surface area (Å²) in [6.45, 7) is 6.68. The van der Waals surface area contributed by atoms with Crippen LogP contribution in [0.4, 0.5) is 0 Å². The predicted molar refractivity (Wildman–Crippen MR) is 72.7 cm³/mol. The lowest BCUT2D eigenvalue weighted by Crippen LogP contribution is -2.19. The van der Waals surface area contributed by atoms with Gasteiger partial charge in [0, 0.05) is 17.9 Å². The van der Waals surface area contributed by atoms with E-state index in [9.17, 15) is 0 Å². The molecule has 0 aliphatic carbocycles. The van der Waals surface area contributed by atoms with Gasteiger partial charge in [-0.25, -0.2) is 0 Å². The third-order valence-corrected chi connectivity index (χ3v) is 3.32. The number of nitrogens with two attached hydrogens (primary N) is 1. The summed E-state index contributed by atoms with van der Waals surface area (Å²) in [5, 5.41) is 4.81. The summed E-state index contributed by atoms with van der Waals surface area (Å²) < 4.78 is 1.83. The molecule has 0 bridgehead atoms. The van der Waals surface area contributed by atoms with Gasteiger partial charge in [-0.3, -0.25) is 9.67 Å². The van der Waals surface area contributed by atoms with Crippen LogP contribution in [0.25, 0.3) is 0 Å². The predicted octanol–water partition coefficient (Wildman–Crippen LogP) is 2.62. The molecule has 0 amide bonds. The van der Waals surface area contributed by atoms with Gasteiger partial charge in [-0.1, -0.05) is 17.7 Å². The first-order chi connectivity index (χ1) is 8.54. The number of halogens is 1. The van der Waals surface area contributed by atoms with Gasteiger partial charge in [-0.05, 0) is 32.4 Å². The van der Waals surface area contributed by atoms with E-state index in [2.05, 4.69) is 10.1 Å². The summed E-state index contributed by atoms with van der Waals surface area (Å²) in [7, 11) is 0. The Balaban J connectivity index is 2.47. The maximum absolute atomic E-state index is 6.30. The van der Waals surface area contributed by atoms with Gasteiger partial charge in [0.05, 0.1) is 23.0 Å². The summed E-state index contributed by atoms with van der Waals surface area (Å²) in [6, 6.07) is 3.67. The topological polar surface area (TPSA) is 56.7 Å². The Hall–Kier alpha value is -1.39. The minimum atomic E-state index is -0.298. The molecule has 0 fully saturated rings. The fraction of sp³-hybridized carbons (Fsp3) is 0.385. The van der Waals surface area contributed by atoms with Gasteiger partial charge in [0.2, 0.25) is 0 Å². The van der Waals surface area contributed by atoms with Crippen LogP contribution in [0.15, 0.2) is 18.3 Å². The Morgan fingerprint density at radius 3 is 2.72 bits per heavy atom. The molecule has 0 aliphatic heterocycles. The van der Waals surface area contributed by atoms with Gasteiger partial charge in [0.1, 0.15) is 0 Å². The molecule has 2 N–H and O–H groups in total. The van der Waals surface area contributed by atoms with Crippen LogP contribution in [0, 0.1) is 13.8 Å². The van der Waals surface area contributed by atoms with E-state index in [-0.39, 0.29) is 6.04 Å². The van der Waals surface area contributed by atoms with E-state index in [1.165, 1.54) is 0 Å². The minimum absolute atomic E-state index is 0.298. The molecule has 0 radical (unpaired) electrons. The molecular formula is C13H17ClN4. The molecule has 1 atom stereocenters. The Morgan fingerprint density at radius 2 is 2.11 bits per heavy atom. The van der Waals surface area contributed by atoms with Crippen LogP contribution in [0.1, 0.15) is 35.6 Å². The van der Waals surface area contributed by atoms with Crippen molar-refractivity contribution in [3.8, 4) is 0 Å². The number of pyridine rings is 1. The van der Waals surface area contributed by atoms with Crippen molar-refractivity contribution < 1.29 is 0 Å². The van der Waals surface area contributed by atoms with Crippen molar-refractivity contribution in [2.75, 3.05) is 0 Å². The Morgan fingerprint density at radius 1 is 1.39 bits per heavy atom. The van der Waals surface area contributed by atoms with Crippen LogP contribution in [-0.4, -0.2) is 14.8 Å². The van der Waals surface area contributed by atoms with E-state index in [1.807, 2.05) is 37.6 Å². The van der Waals surface area contributed by atoms with Gasteiger partial charge in [0.25, 0.3) is 0 Å². The Kier molecular flexibility index (Phi) is 3.68. The highest BCUT2D eigenvalue weighted by Crippen LogP contribution is 2.27. The fourth-order valence-electron chi connectivity index (χ4n) is 2.11.